The Hall–Kier alpha value is -3.08. The summed E-state index contributed by atoms with van der Waals surface area (Å²) in [5.74, 6) is 1.39. The molecule has 5 nitrogen and oxygen atoms in total. The Morgan fingerprint density at radius 1 is 1.07 bits per heavy atom. The summed E-state index contributed by atoms with van der Waals surface area (Å²) >= 11 is 0. The predicted molar refractivity (Wildman–Crippen MR) is 105 cm³/mol. The molecular weight excluding hydrogens is 340 g/mol. The minimum atomic E-state index is -0.0455. The van der Waals surface area contributed by atoms with Crippen molar-refractivity contribution in [1.82, 2.24) is 10.1 Å². The number of methoxy groups -OCH3 is 1. The molecule has 2 aromatic carbocycles. The number of nitrogens with zero attached hydrogens (tertiary/aromatic N) is 2. The van der Waals surface area contributed by atoms with Crippen LogP contribution in [0.25, 0.3) is 11.3 Å². The van der Waals surface area contributed by atoms with Crippen molar-refractivity contribution in [2.45, 2.75) is 27.3 Å². The van der Waals surface area contributed by atoms with E-state index in [0.717, 1.165) is 17.0 Å². The van der Waals surface area contributed by atoms with Gasteiger partial charge < -0.3 is 14.2 Å². The highest BCUT2D eigenvalue weighted by Crippen LogP contribution is 2.24. The molecule has 3 rings (SSSR count). The van der Waals surface area contributed by atoms with Crippen molar-refractivity contribution in [2.75, 3.05) is 13.7 Å². The van der Waals surface area contributed by atoms with Gasteiger partial charge in [-0.05, 0) is 62.2 Å². The molecule has 0 aliphatic rings. The molecule has 0 aliphatic heterocycles. The number of hydrogen-bond acceptors (Lipinski definition) is 4. The molecule has 1 amide bonds. The van der Waals surface area contributed by atoms with Crippen molar-refractivity contribution in [1.29, 1.82) is 0 Å². The Bertz CT molecular complexity index is 929. The van der Waals surface area contributed by atoms with Gasteiger partial charge >= 0.3 is 0 Å². The summed E-state index contributed by atoms with van der Waals surface area (Å²) in [6.07, 6.45) is 0. The monoisotopic (exact) mass is 364 g/mol. The molecule has 0 saturated carbocycles. The number of ether oxygens (including phenoxy) is 1. The van der Waals surface area contributed by atoms with Gasteiger partial charge in [-0.2, -0.15) is 0 Å². The Balaban J connectivity index is 1.75. The summed E-state index contributed by atoms with van der Waals surface area (Å²) in [5, 5.41) is 4.15. The van der Waals surface area contributed by atoms with Crippen molar-refractivity contribution in [3.8, 4) is 17.1 Å². The van der Waals surface area contributed by atoms with E-state index in [0.29, 0.717) is 24.4 Å². The van der Waals surface area contributed by atoms with Gasteiger partial charge in [0, 0.05) is 23.7 Å². The van der Waals surface area contributed by atoms with Gasteiger partial charge in [0.05, 0.1) is 13.7 Å². The zero-order valence-electron chi connectivity index (χ0n) is 16.2. The first-order chi connectivity index (χ1) is 13.0. The summed E-state index contributed by atoms with van der Waals surface area (Å²) in [6, 6.07) is 15.2. The van der Waals surface area contributed by atoms with Crippen LogP contribution in [0, 0.1) is 13.8 Å². The molecule has 140 valence electrons. The quantitative estimate of drug-likeness (QED) is 0.640. The van der Waals surface area contributed by atoms with Crippen LogP contribution in [0.5, 0.6) is 5.75 Å². The second-order valence-electron chi connectivity index (χ2n) is 6.53. The van der Waals surface area contributed by atoms with Gasteiger partial charge in [0.2, 0.25) is 0 Å². The maximum atomic E-state index is 12.8. The predicted octanol–water partition coefficient (Wildman–Crippen LogP) is 4.63. The van der Waals surface area contributed by atoms with Crippen LogP contribution in [0.15, 0.2) is 53.1 Å². The standard InChI is InChI=1S/C22H24N2O3/c1-5-24(22(25)17-8-10-20(26-4)11-9-17)14-19-13-21(27-23-19)18-7-6-15(2)16(3)12-18/h6-13H,5,14H2,1-4H3. The fourth-order valence-corrected chi connectivity index (χ4v) is 2.86. The molecule has 0 radical (unpaired) electrons. The van der Waals surface area contributed by atoms with Crippen molar-refractivity contribution in [3.63, 3.8) is 0 Å². The normalized spacial score (nSPS) is 10.7. The average Bonchev–Trinajstić information content (AvgIpc) is 3.16. The molecule has 0 unspecified atom stereocenters. The number of aromatic nitrogens is 1. The van der Waals surface area contributed by atoms with Gasteiger partial charge in [-0.15, -0.1) is 0 Å². The topological polar surface area (TPSA) is 55.6 Å². The molecule has 0 bridgehead atoms. The minimum Gasteiger partial charge on any atom is -0.497 e. The first kappa shape index (κ1) is 18.7. The van der Waals surface area contributed by atoms with Gasteiger partial charge in [-0.25, -0.2) is 0 Å². The van der Waals surface area contributed by atoms with E-state index in [9.17, 15) is 4.79 Å². The van der Waals surface area contributed by atoms with E-state index in [1.165, 1.54) is 11.1 Å². The summed E-state index contributed by atoms with van der Waals surface area (Å²) < 4.78 is 10.6. The molecule has 5 heteroatoms. The molecule has 0 spiro atoms. The lowest BCUT2D eigenvalue weighted by Gasteiger charge is -2.19. The highest BCUT2D eigenvalue weighted by Gasteiger charge is 2.17. The molecule has 3 aromatic rings. The van der Waals surface area contributed by atoms with Crippen LogP contribution in [0.1, 0.15) is 34.1 Å². The van der Waals surface area contributed by atoms with Gasteiger partial charge in [-0.3, -0.25) is 4.79 Å². The maximum absolute atomic E-state index is 12.8. The molecule has 1 aromatic heterocycles. The SMILES string of the molecule is CCN(Cc1cc(-c2ccc(C)c(C)c2)on1)C(=O)c1ccc(OC)cc1. The fraction of sp³-hybridized carbons (Fsp3) is 0.273. The Morgan fingerprint density at radius 2 is 1.81 bits per heavy atom. The minimum absolute atomic E-state index is 0.0455. The molecular formula is C22H24N2O3. The van der Waals surface area contributed by atoms with Crippen LogP contribution in [0.3, 0.4) is 0 Å². The second kappa shape index (κ2) is 8.08. The number of carbonyl (C=O) groups is 1. The highest BCUT2D eigenvalue weighted by atomic mass is 16.5. The molecule has 1 heterocycles. The number of carbonyl (C=O) groups excluding carboxylic acids is 1. The lowest BCUT2D eigenvalue weighted by atomic mass is 10.0. The van der Waals surface area contributed by atoms with Gasteiger partial charge in [0.1, 0.15) is 11.4 Å². The van der Waals surface area contributed by atoms with E-state index < -0.39 is 0 Å². The average molecular weight is 364 g/mol. The first-order valence-corrected chi connectivity index (χ1v) is 8.98. The fourth-order valence-electron chi connectivity index (χ4n) is 2.86. The summed E-state index contributed by atoms with van der Waals surface area (Å²) in [6.45, 7) is 7.08. The van der Waals surface area contributed by atoms with Gasteiger partial charge in [0.25, 0.3) is 5.91 Å². The third-order valence-corrected chi connectivity index (χ3v) is 4.71. The van der Waals surface area contributed by atoms with Gasteiger partial charge in [0.15, 0.2) is 5.76 Å². The Kier molecular flexibility index (Phi) is 5.60. The van der Waals surface area contributed by atoms with Crippen LogP contribution >= 0.6 is 0 Å². The highest BCUT2D eigenvalue weighted by molar-refractivity contribution is 5.94. The third kappa shape index (κ3) is 4.19. The molecule has 0 N–H and O–H groups in total. The van der Waals surface area contributed by atoms with Crippen LogP contribution in [-0.2, 0) is 6.54 Å². The molecule has 0 atom stereocenters. The first-order valence-electron chi connectivity index (χ1n) is 8.98. The van der Waals surface area contributed by atoms with Crippen LogP contribution in [0.2, 0.25) is 0 Å². The molecule has 0 fully saturated rings. The zero-order chi connectivity index (χ0) is 19.4. The number of benzene rings is 2. The van der Waals surface area contributed by atoms with Crippen LogP contribution < -0.4 is 4.74 Å². The number of aryl methyl sites for hydroxylation is 2. The van der Waals surface area contributed by atoms with Crippen molar-refractivity contribution < 1.29 is 14.1 Å². The number of amides is 1. The molecule has 0 aliphatic carbocycles. The molecule has 0 saturated heterocycles. The Labute approximate surface area is 159 Å². The van der Waals surface area contributed by atoms with Gasteiger partial charge in [-0.1, -0.05) is 17.3 Å². The van der Waals surface area contributed by atoms with E-state index in [2.05, 4.69) is 31.1 Å². The zero-order valence-corrected chi connectivity index (χ0v) is 16.2. The number of hydrogen-bond donors (Lipinski definition) is 0. The van der Waals surface area contributed by atoms with E-state index in [1.54, 1.807) is 36.3 Å². The van der Waals surface area contributed by atoms with Crippen molar-refractivity contribution in [2.24, 2.45) is 0 Å². The largest absolute Gasteiger partial charge is 0.497 e. The Morgan fingerprint density at radius 3 is 2.44 bits per heavy atom. The lowest BCUT2D eigenvalue weighted by molar-refractivity contribution is 0.0749. The smallest absolute Gasteiger partial charge is 0.254 e. The lowest BCUT2D eigenvalue weighted by Crippen LogP contribution is -2.30. The number of rotatable bonds is 6. The van der Waals surface area contributed by atoms with Crippen molar-refractivity contribution >= 4 is 5.91 Å². The van der Waals surface area contributed by atoms with E-state index in [4.69, 9.17) is 9.26 Å². The summed E-state index contributed by atoms with van der Waals surface area (Å²) in [5.41, 5.74) is 4.78. The maximum Gasteiger partial charge on any atom is 0.254 e. The third-order valence-electron chi connectivity index (χ3n) is 4.71. The summed E-state index contributed by atoms with van der Waals surface area (Å²) in [4.78, 5) is 14.5. The molecule has 27 heavy (non-hydrogen) atoms. The van der Waals surface area contributed by atoms with Crippen LogP contribution in [0.4, 0.5) is 0 Å². The summed E-state index contributed by atoms with van der Waals surface area (Å²) in [7, 11) is 1.60. The van der Waals surface area contributed by atoms with E-state index in [-0.39, 0.29) is 5.91 Å². The van der Waals surface area contributed by atoms with E-state index in [1.807, 2.05) is 19.1 Å². The second-order valence-corrected chi connectivity index (χ2v) is 6.53. The van der Waals surface area contributed by atoms with Crippen LogP contribution in [-0.4, -0.2) is 29.6 Å². The van der Waals surface area contributed by atoms with Crippen molar-refractivity contribution in [3.05, 3.63) is 70.9 Å². The van der Waals surface area contributed by atoms with E-state index >= 15 is 0 Å².